The number of likely N-dealkylation sites (tertiary alicyclic amines) is 1. The number of hydrogen-bond donors (Lipinski definition) is 1. The highest BCUT2D eigenvalue weighted by molar-refractivity contribution is 5.76. The topological polar surface area (TPSA) is 93.1 Å². The number of anilines is 1. The molecule has 1 aliphatic heterocycles. The van der Waals surface area contributed by atoms with E-state index < -0.39 is 0 Å². The van der Waals surface area contributed by atoms with Gasteiger partial charge in [-0.1, -0.05) is 0 Å². The van der Waals surface area contributed by atoms with E-state index in [1.54, 1.807) is 6.20 Å². The molecule has 1 saturated heterocycles. The summed E-state index contributed by atoms with van der Waals surface area (Å²) in [6, 6.07) is 3.97. The van der Waals surface area contributed by atoms with Crippen molar-refractivity contribution in [2.75, 3.05) is 25.0 Å². The lowest BCUT2D eigenvalue weighted by Crippen LogP contribution is -2.42. The van der Waals surface area contributed by atoms with Crippen molar-refractivity contribution < 1.29 is 9.53 Å². The van der Waals surface area contributed by atoms with Gasteiger partial charge in [0.05, 0.1) is 6.61 Å². The highest BCUT2D eigenvalue weighted by atomic mass is 16.5. The van der Waals surface area contributed by atoms with E-state index in [0.29, 0.717) is 31.4 Å². The summed E-state index contributed by atoms with van der Waals surface area (Å²) in [5.74, 6) is 2.26. The van der Waals surface area contributed by atoms with Crippen LogP contribution < -0.4 is 10.1 Å². The largest absolute Gasteiger partial charge is 0.478 e. The Morgan fingerprint density at radius 2 is 2.11 bits per heavy atom. The first-order valence-corrected chi connectivity index (χ1v) is 9.41. The van der Waals surface area contributed by atoms with Crippen molar-refractivity contribution in [1.29, 1.82) is 0 Å². The fraction of sp³-hybridized carbons (Fsp3) is 0.526. The minimum absolute atomic E-state index is 0.186. The van der Waals surface area contributed by atoms with Gasteiger partial charge in [-0.3, -0.25) is 4.79 Å². The molecule has 1 amide bonds. The number of carbonyl (C=O) groups excluding carboxylic acids is 1. The van der Waals surface area contributed by atoms with E-state index in [-0.39, 0.29) is 5.91 Å². The summed E-state index contributed by atoms with van der Waals surface area (Å²) in [5.41, 5.74) is 0.918. The normalized spacial score (nSPS) is 14.8. The minimum atomic E-state index is 0.186. The molecule has 0 spiro atoms. The van der Waals surface area contributed by atoms with E-state index in [0.717, 1.165) is 43.3 Å². The standard InChI is InChI=1S/C19H26N6O2/c1-3-27-18-12-17(21-13-22-18)24-16-7-10-25(11-8-16)19(26)5-4-15-6-9-20-14(2)23-15/h6,9,12-13,16H,3-5,7-8,10-11H2,1-2H3,(H,21,22,24). The lowest BCUT2D eigenvalue weighted by atomic mass is 10.0. The van der Waals surface area contributed by atoms with Crippen LogP contribution in [0.25, 0.3) is 0 Å². The van der Waals surface area contributed by atoms with E-state index in [9.17, 15) is 4.79 Å². The quantitative estimate of drug-likeness (QED) is 0.797. The second-order valence-corrected chi connectivity index (χ2v) is 6.57. The Kier molecular flexibility index (Phi) is 6.51. The van der Waals surface area contributed by atoms with Crippen LogP contribution >= 0.6 is 0 Å². The molecule has 0 radical (unpaired) electrons. The molecular weight excluding hydrogens is 344 g/mol. The molecule has 2 aromatic heterocycles. The van der Waals surface area contributed by atoms with Gasteiger partial charge in [-0.2, -0.15) is 0 Å². The van der Waals surface area contributed by atoms with Gasteiger partial charge in [0.15, 0.2) is 0 Å². The zero-order valence-corrected chi connectivity index (χ0v) is 15.9. The van der Waals surface area contributed by atoms with Gasteiger partial charge >= 0.3 is 0 Å². The van der Waals surface area contributed by atoms with E-state index in [1.807, 2.05) is 30.9 Å². The van der Waals surface area contributed by atoms with Crippen molar-refractivity contribution in [2.45, 2.75) is 45.6 Å². The van der Waals surface area contributed by atoms with Gasteiger partial charge in [-0.15, -0.1) is 0 Å². The van der Waals surface area contributed by atoms with Gasteiger partial charge in [0.25, 0.3) is 0 Å². The van der Waals surface area contributed by atoms with Crippen molar-refractivity contribution in [2.24, 2.45) is 0 Å². The van der Waals surface area contributed by atoms with Crippen molar-refractivity contribution in [3.8, 4) is 5.88 Å². The smallest absolute Gasteiger partial charge is 0.222 e. The van der Waals surface area contributed by atoms with Crippen LogP contribution in [0.4, 0.5) is 5.82 Å². The number of amides is 1. The fourth-order valence-corrected chi connectivity index (χ4v) is 3.17. The highest BCUT2D eigenvalue weighted by Gasteiger charge is 2.23. The number of aromatic nitrogens is 4. The van der Waals surface area contributed by atoms with Gasteiger partial charge < -0.3 is 15.0 Å². The number of aryl methyl sites for hydroxylation is 2. The minimum Gasteiger partial charge on any atom is -0.478 e. The molecule has 2 aromatic rings. The van der Waals surface area contributed by atoms with Crippen molar-refractivity contribution in [1.82, 2.24) is 24.8 Å². The van der Waals surface area contributed by atoms with Gasteiger partial charge in [0.1, 0.15) is 18.0 Å². The Morgan fingerprint density at radius 3 is 2.85 bits per heavy atom. The third kappa shape index (κ3) is 5.60. The molecule has 0 unspecified atom stereocenters. The molecule has 3 rings (SSSR count). The first-order chi connectivity index (χ1) is 13.1. The van der Waals surface area contributed by atoms with Crippen molar-refractivity contribution >= 4 is 11.7 Å². The molecule has 27 heavy (non-hydrogen) atoms. The number of carbonyl (C=O) groups is 1. The molecule has 1 fully saturated rings. The molecule has 8 nitrogen and oxygen atoms in total. The molecule has 3 heterocycles. The van der Waals surface area contributed by atoms with Crippen LogP contribution in [-0.2, 0) is 11.2 Å². The van der Waals surface area contributed by atoms with Crippen LogP contribution in [0.5, 0.6) is 5.88 Å². The maximum atomic E-state index is 12.5. The SMILES string of the molecule is CCOc1cc(NC2CCN(C(=O)CCc3ccnc(C)n3)CC2)ncn1. The van der Waals surface area contributed by atoms with Crippen LogP contribution in [0, 0.1) is 6.92 Å². The van der Waals surface area contributed by atoms with E-state index in [2.05, 4.69) is 25.3 Å². The Labute approximate surface area is 159 Å². The number of rotatable bonds is 7. The van der Waals surface area contributed by atoms with Crippen LogP contribution in [-0.4, -0.2) is 56.5 Å². The summed E-state index contributed by atoms with van der Waals surface area (Å²) in [7, 11) is 0. The molecule has 0 bridgehead atoms. The second kappa shape index (κ2) is 9.25. The van der Waals surface area contributed by atoms with Crippen molar-refractivity contribution in [3.05, 3.63) is 36.2 Å². The average molecular weight is 370 g/mol. The highest BCUT2D eigenvalue weighted by Crippen LogP contribution is 2.18. The maximum absolute atomic E-state index is 12.5. The van der Waals surface area contributed by atoms with Gasteiger partial charge in [0, 0.05) is 43.5 Å². The summed E-state index contributed by atoms with van der Waals surface area (Å²) in [5, 5.41) is 3.42. The van der Waals surface area contributed by atoms with E-state index in [4.69, 9.17) is 4.74 Å². The molecule has 0 saturated carbocycles. The molecule has 1 N–H and O–H groups in total. The number of hydrogen-bond acceptors (Lipinski definition) is 7. The first-order valence-electron chi connectivity index (χ1n) is 9.41. The van der Waals surface area contributed by atoms with Crippen LogP contribution in [0.1, 0.15) is 37.7 Å². The predicted octanol–water partition coefficient (Wildman–Crippen LogP) is 2.01. The van der Waals surface area contributed by atoms with Crippen LogP contribution in [0.15, 0.2) is 24.7 Å². The number of piperidine rings is 1. The summed E-state index contributed by atoms with van der Waals surface area (Å²) < 4.78 is 5.40. The van der Waals surface area contributed by atoms with E-state index in [1.165, 1.54) is 6.33 Å². The lowest BCUT2D eigenvalue weighted by Gasteiger charge is -2.32. The molecule has 0 atom stereocenters. The summed E-state index contributed by atoms with van der Waals surface area (Å²) in [6.07, 6.45) is 6.17. The fourth-order valence-electron chi connectivity index (χ4n) is 3.17. The van der Waals surface area contributed by atoms with Gasteiger partial charge in [-0.05, 0) is 39.2 Å². The van der Waals surface area contributed by atoms with Crippen LogP contribution in [0.2, 0.25) is 0 Å². The summed E-state index contributed by atoms with van der Waals surface area (Å²) >= 11 is 0. The third-order valence-electron chi connectivity index (χ3n) is 4.56. The Balaban J connectivity index is 1.44. The van der Waals surface area contributed by atoms with Gasteiger partial charge in [0.2, 0.25) is 11.8 Å². The lowest BCUT2D eigenvalue weighted by molar-refractivity contribution is -0.132. The Bertz CT molecular complexity index is 761. The number of ether oxygens (including phenoxy) is 1. The molecule has 1 aliphatic rings. The number of nitrogens with zero attached hydrogens (tertiary/aromatic N) is 5. The first kappa shape index (κ1) is 19.0. The predicted molar refractivity (Wildman–Crippen MR) is 102 cm³/mol. The molecular formula is C19H26N6O2. The Morgan fingerprint density at radius 1 is 1.30 bits per heavy atom. The van der Waals surface area contributed by atoms with E-state index >= 15 is 0 Å². The molecule has 144 valence electrons. The molecule has 0 aromatic carbocycles. The number of nitrogens with one attached hydrogen (secondary N) is 1. The summed E-state index contributed by atoms with van der Waals surface area (Å²) in [4.78, 5) is 31.2. The summed E-state index contributed by atoms with van der Waals surface area (Å²) in [6.45, 7) is 5.86. The van der Waals surface area contributed by atoms with Crippen LogP contribution in [0.3, 0.4) is 0 Å². The zero-order valence-electron chi connectivity index (χ0n) is 15.9. The Hall–Kier alpha value is -2.77. The maximum Gasteiger partial charge on any atom is 0.222 e. The molecule has 0 aliphatic carbocycles. The zero-order chi connectivity index (χ0) is 19.1. The monoisotopic (exact) mass is 370 g/mol. The van der Waals surface area contributed by atoms with Crippen molar-refractivity contribution in [3.63, 3.8) is 0 Å². The molecule has 8 heteroatoms. The second-order valence-electron chi connectivity index (χ2n) is 6.57. The van der Waals surface area contributed by atoms with Gasteiger partial charge in [-0.25, -0.2) is 19.9 Å². The average Bonchev–Trinajstić information content (AvgIpc) is 2.67. The third-order valence-corrected chi connectivity index (χ3v) is 4.56.